The molecule has 2 unspecified atom stereocenters. The highest BCUT2D eigenvalue weighted by Crippen LogP contribution is 2.42. The monoisotopic (exact) mass is 546 g/mol. The smallest absolute Gasteiger partial charge is 0.407 e. The predicted molar refractivity (Wildman–Crippen MR) is 143 cm³/mol. The summed E-state index contributed by atoms with van der Waals surface area (Å²) >= 11 is 12.3. The largest absolute Gasteiger partial charge is 0.446 e. The summed E-state index contributed by atoms with van der Waals surface area (Å²) in [6.45, 7) is 6.72. The minimum absolute atomic E-state index is 0.00477. The van der Waals surface area contributed by atoms with E-state index < -0.39 is 29.7 Å². The lowest BCUT2D eigenvalue weighted by molar-refractivity contribution is 0.00662. The predicted octanol–water partition coefficient (Wildman–Crippen LogP) is 7.60. The zero-order valence-corrected chi connectivity index (χ0v) is 22.4. The second kappa shape index (κ2) is 11.8. The van der Waals surface area contributed by atoms with Crippen molar-refractivity contribution in [1.29, 1.82) is 0 Å². The first-order valence-corrected chi connectivity index (χ1v) is 13.0. The third-order valence-electron chi connectivity index (χ3n) is 6.66. The van der Waals surface area contributed by atoms with Gasteiger partial charge in [0.1, 0.15) is 17.7 Å². The summed E-state index contributed by atoms with van der Waals surface area (Å²) in [7, 11) is 0. The molecule has 0 aromatic heterocycles. The molecule has 0 bridgehead atoms. The second-order valence-corrected chi connectivity index (χ2v) is 10.7. The number of carbonyl (C=O) groups excluding carboxylic acids is 1. The third kappa shape index (κ3) is 6.81. The number of rotatable bonds is 8. The van der Waals surface area contributed by atoms with Crippen molar-refractivity contribution in [1.82, 2.24) is 10.2 Å². The highest BCUT2D eigenvalue weighted by molar-refractivity contribution is 6.30. The van der Waals surface area contributed by atoms with Gasteiger partial charge in [-0.05, 0) is 79.8 Å². The molecule has 1 aliphatic rings. The summed E-state index contributed by atoms with van der Waals surface area (Å²) in [5, 5.41) is 4.02. The quantitative estimate of drug-likeness (QED) is 0.316. The molecule has 1 fully saturated rings. The van der Waals surface area contributed by atoms with Gasteiger partial charge in [-0.15, -0.1) is 0 Å². The van der Waals surface area contributed by atoms with Crippen molar-refractivity contribution < 1.29 is 18.3 Å². The van der Waals surface area contributed by atoms with Crippen LogP contribution < -0.4 is 5.32 Å². The summed E-state index contributed by atoms with van der Waals surface area (Å²) in [6.07, 6.45) is -1.16. The molecule has 0 spiro atoms. The average molecular weight is 547 g/mol. The molecule has 1 heterocycles. The molecule has 4 rings (SSSR count). The zero-order valence-electron chi connectivity index (χ0n) is 20.9. The standard InChI is InChI=1S/C29H30Cl2F2N2O2/c1-17(2)34-29(36)37-18(3)27(21-12-25(32)14-26(33)13-21)22-15-35(16-22)28(19-4-8-23(30)9-5-19)20-6-10-24(31)11-7-20/h4-14,17-18,22,27-28H,15-16H2,1-3H3,(H,34,36). The van der Waals surface area contributed by atoms with Gasteiger partial charge < -0.3 is 10.1 Å². The summed E-state index contributed by atoms with van der Waals surface area (Å²) in [5.41, 5.74) is 2.61. The van der Waals surface area contributed by atoms with Crippen molar-refractivity contribution in [3.63, 3.8) is 0 Å². The fourth-order valence-corrected chi connectivity index (χ4v) is 5.35. The lowest BCUT2D eigenvalue weighted by Gasteiger charge is -2.49. The topological polar surface area (TPSA) is 41.6 Å². The number of hydrogen-bond acceptors (Lipinski definition) is 3. The Balaban J connectivity index is 1.61. The Bertz CT molecular complexity index is 1150. The van der Waals surface area contributed by atoms with Gasteiger partial charge in [-0.1, -0.05) is 47.5 Å². The highest BCUT2D eigenvalue weighted by Gasteiger charge is 2.42. The van der Waals surface area contributed by atoms with Crippen LogP contribution in [-0.2, 0) is 4.74 Å². The van der Waals surface area contributed by atoms with E-state index in [-0.39, 0.29) is 18.0 Å². The van der Waals surface area contributed by atoms with Crippen LogP contribution in [0.15, 0.2) is 66.7 Å². The van der Waals surface area contributed by atoms with Crippen LogP contribution in [0.1, 0.15) is 49.4 Å². The lowest BCUT2D eigenvalue weighted by Crippen LogP contribution is -2.53. The molecule has 1 saturated heterocycles. The number of hydrogen-bond donors (Lipinski definition) is 1. The molecular weight excluding hydrogens is 517 g/mol. The molecule has 4 nitrogen and oxygen atoms in total. The van der Waals surface area contributed by atoms with Gasteiger partial charge in [-0.25, -0.2) is 13.6 Å². The lowest BCUT2D eigenvalue weighted by atomic mass is 9.76. The van der Waals surface area contributed by atoms with Gasteiger partial charge in [-0.2, -0.15) is 0 Å². The molecule has 0 saturated carbocycles. The highest BCUT2D eigenvalue weighted by atomic mass is 35.5. The Labute approximate surface area is 226 Å². The third-order valence-corrected chi connectivity index (χ3v) is 7.16. The van der Waals surface area contributed by atoms with Gasteiger partial charge >= 0.3 is 6.09 Å². The van der Waals surface area contributed by atoms with Crippen LogP contribution in [0.3, 0.4) is 0 Å². The van der Waals surface area contributed by atoms with Gasteiger partial charge in [-0.3, -0.25) is 4.90 Å². The first-order chi connectivity index (χ1) is 17.6. The van der Waals surface area contributed by atoms with E-state index in [1.54, 1.807) is 6.92 Å². The fourth-order valence-electron chi connectivity index (χ4n) is 5.10. The Morgan fingerprint density at radius 1 is 0.865 bits per heavy atom. The Morgan fingerprint density at radius 3 is 1.81 bits per heavy atom. The van der Waals surface area contributed by atoms with E-state index in [9.17, 15) is 13.6 Å². The van der Waals surface area contributed by atoms with E-state index in [2.05, 4.69) is 10.2 Å². The van der Waals surface area contributed by atoms with Gasteiger partial charge in [0.2, 0.25) is 0 Å². The zero-order chi connectivity index (χ0) is 26.7. The summed E-state index contributed by atoms with van der Waals surface area (Å²) in [4.78, 5) is 14.6. The molecule has 196 valence electrons. The number of carbonyl (C=O) groups is 1. The normalized spacial score (nSPS) is 15.9. The van der Waals surface area contributed by atoms with Crippen LogP contribution in [0.4, 0.5) is 13.6 Å². The maximum Gasteiger partial charge on any atom is 0.407 e. The Kier molecular flexibility index (Phi) is 8.73. The number of nitrogens with one attached hydrogen (secondary N) is 1. The minimum Gasteiger partial charge on any atom is -0.446 e. The molecule has 1 amide bonds. The summed E-state index contributed by atoms with van der Waals surface area (Å²) < 4.78 is 34.0. The van der Waals surface area contributed by atoms with Crippen molar-refractivity contribution in [3.8, 4) is 0 Å². The van der Waals surface area contributed by atoms with Gasteiger partial charge in [0, 0.05) is 41.2 Å². The Hall–Kier alpha value is -2.67. The first-order valence-electron chi connectivity index (χ1n) is 12.3. The van der Waals surface area contributed by atoms with Crippen molar-refractivity contribution >= 4 is 29.3 Å². The van der Waals surface area contributed by atoms with Gasteiger partial charge in [0.05, 0.1) is 6.04 Å². The molecule has 3 aromatic carbocycles. The number of nitrogens with zero attached hydrogens (tertiary/aromatic N) is 1. The van der Waals surface area contributed by atoms with Crippen LogP contribution in [0.5, 0.6) is 0 Å². The van der Waals surface area contributed by atoms with Gasteiger partial charge in [0.15, 0.2) is 0 Å². The van der Waals surface area contributed by atoms with Crippen LogP contribution in [0.2, 0.25) is 10.0 Å². The Morgan fingerprint density at radius 2 is 1.35 bits per heavy atom. The van der Waals surface area contributed by atoms with E-state index in [1.807, 2.05) is 62.4 Å². The van der Waals surface area contributed by atoms with Gasteiger partial charge in [0.25, 0.3) is 0 Å². The number of halogens is 4. The van der Waals surface area contributed by atoms with Crippen LogP contribution in [0, 0.1) is 17.6 Å². The SMILES string of the molecule is CC(C)NC(=O)OC(C)C(c1cc(F)cc(F)c1)C1CN(C(c2ccc(Cl)cc2)c2ccc(Cl)cc2)C1. The van der Waals surface area contributed by atoms with Crippen molar-refractivity contribution in [2.24, 2.45) is 5.92 Å². The maximum absolute atomic E-state index is 14.2. The number of amides is 1. The van der Waals surface area contributed by atoms with Crippen LogP contribution >= 0.6 is 23.2 Å². The van der Waals surface area contributed by atoms with E-state index in [4.69, 9.17) is 27.9 Å². The summed E-state index contributed by atoms with van der Waals surface area (Å²) in [5.74, 6) is -1.70. The molecule has 1 aliphatic heterocycles. The molecule has 8 heteroatoms. The summed E-state index contributed by atoms with van der Waals surface area (Å²) in [6, 6.07) is 18.8. The van der Waals surface area contributed by atoms with Crippen molar-refractivity contribution in [3.05, 3.63) is 105 Å². The van der Waals surface area contributed by atoms with E-state index >= 15 is 0 Å². The van der Waals surface area contributed by atoms with Crippen LogP contribution in [0.25, 0.3) is 0 Å². The van der Waals surface area contributed by atoms with E-state index in [0.29, 0.717) is 28.7 Å². The average Bonchev–Trinajstić information content (AvgIpc) is 2.78. The van der Waals surface area contributed by atoms with Crippen molar-refractivity contribution in [2.45, 2.75) is 44.9 Å². The maximum atomic E-state index is 14.2. The van der Waals surface area contributed by atoms with Crippen LogP contribution in [-0.4, -0.2) is 36.2 Å². The number of likely N-dealkylation sites (tertiary alicyclic amines) is 1. The molecule has 0 radical (unpaired) electrons. The second-order valence-electron chi connectivity index (χ2n) is 9.86. The molecular formula is C29H30Cl2F2N2O2. The number of benzene rings is 3. The molecule has 1 N–H and O–H groups in total. The molecule has 37 heavy (non-hydrogen) atoms. The molecule has 2 atom stereocenters. The fraction of sp³-hybridized carbons (Fsp3) is 0.345. The minimum atomic E-state index is -0.657. The molecule has 0 aliphatic carbocycles. The number of alkyl carbamates (subject to hydrolysis) is 1. The van der Waals surface area contributed by atoms with E-state index in [1.165, 1.54) is 12.1 Å². The molecule has 3 aromatic rings. The van der Waals surface area contributed by atoms with E-state index in [0.717, 1.165) is 17.2 Å². The van der Waals surface area contributed by atoms with Crippen molar-refractivity contribution in [2.75, 3.05) is 13.1 Å². The first kappa shape index (κ1) is 27.4. The number of ether oxygens (including phenoxy) is 1.